The van der Waals surface area contributed by atoms with Crippen LogP contribution in [-0.2, 0) is 4.74 Å². The van der Waals surface area contributed by atoms with E-state index in [4.69, 9.17) is 9.47 Å². The van der Waals surface area contributed by atoms with Crippen molar-refractivity contribution >= 4 is 6.29 Å². The molecule has 0 amide bonds. The van der Waals surface area contributed by atoms with Crippen LogP contribution in [0.4, 0.5) is 0 Å². The van der Waals surface area contributed by atoms with E-state index in [9.17, 15) is 4.79 Å². The predicted octanol–water partition coefficient (Wildman–Crippen LogP) is 1.67. The van der Waals surface area contributed by atoms with Crippen LogP contribution in [-0.4, -0.2) is 25.1 Å². The summed E-state index contributed by atoms with van der Waals surface area (Å²) in [5.41, 5.74) is 0.660. The molecule has 2 unspecified atom stereocenters. The van der Waals surface area contributed by atoms with E-state index in [0.29, 0.717) is 5.56 Å². The summed E-state index contributed by atoms with van der Waals surface area (Å²) in [6, 6.07) is 7.07. The highest BCUT2D eigenvalue weighted by Gasteiger charge is 2.30. The topological polar surface area (TPSA) is 38.8 Å². The average Bonchev–Trinajstić information content (AvgIpc) is 3.02. The van der Waals surface area contributed by atoms with E-state index in [0.717, 1.165) is 18.6 Å². The van der Waals surface area contributed by atoms with E-state index in [1.54, 1.807) is 24.3 Å². The fraction of sp³-hybridized carbons (Fsp3) is 0.364. The van der Waals surface area contributed by atoms with Gasteiger partial charge in [-0.25, -0.2) is 0 Å². The van der Waals surface area contributed by atoms with Gasteiger partial charge >= 0.3 is 0 Å². The average molecular weight is 192 g/mol. The number of rotatable bonds is 4. The van der Waals surface area contributed by atoms with E-state index in [1.165, 1.54) is 0 Å². The SMILES string of the molecule is CC(Oc1ccc(C=O)cc1)C1CO1. The summed E-state index contributed by atoms with van der Waals surface area (Å²) < 4.78 is 10.7. The molecule has 0 radical (unpaired) electrons. The zero-order chi connectivity index (χ0) is 9.97. The predicted molar refractivity (Wildman–Crippen MR) is 51.7 cm³/mol. The Kier molecular flexibility index (Phi) is 2.50. The molecule has 2 rings (SSSR count). The first-order valence-corrected chi connectivity index (χ1v) is 4.63. The molecular weight excluding hydrogens is 180 g/mol. The van der Waals surface area contributed by atoms with Crippen LogP contribution in [0.3, 0.4) is 0 Å². The normalized spacial score (nSPS) is 21.4. The molecule has 3 nitrogen and oxygen atoms in total. The molecular formula is C11H12O3. The number of hydrogen-bond acceptors (Lipinski definition) is 3. The van der Waals surface area contributed by atoms with Gasteiger partial charge in [0.2, 0.25) is 0 Å². The fourth-order valence-electron chi connectivity index (χ4n) is 1.24. The third kappa shape index (κ3) is 2.12. The number of benzene rings is 1. The Balaban J connectivity index is 1.98. The largest absolute Gasteiger partial charge is 0.488 e. The molecule has 0 bridgehead atoms. The van der Waals surface area contributed by atoms with Gasteiger partial charge in [-0.15, -0.1) is 0 Å². The Morgan fingerprint density at radius 2 is 2.14 bits per heavy atom. The first-order chi connectivity index (χ1) is 6.79. The minimum Gasteiger partial charge on any atom is -0.488 e. The smallest absolute Gasteiger partial charge is 0.150 e. The molecule has 14 heavy (non-hydrogen) atoms. The molecule has 0 spiro atoms. The minimum atomic E-state index is 0.0806. The molecule has 74 valence electrons. The second kappa shape index (κ2) is 3.80. The molecule has 0 aliphatic carbocycles. The van der Waals surface area contributed by atoms with Crippen LogP contribution in [0.5, 0.6) is 5.75 Å². The maximum Gasteiger partial charge on any atom is 0.150 e. The van der Waals surface area contributed by atoms with Crippen molar-refractivity contribution in [3.63, 3.8) is 0 Å². The van der Waals surface area contributed by atoms with Crippen molar-refractivity contribution in [1.82, 2.24) is 0 Å². The zero-order valence-corrected chi connectivity index (χ0v) is 7.97. The van der Waals surface area contributed by atoms with Gasteiger partial charge in [-0.3, -0.25) is 4.79 Å². The number of epoxide rings is 1. The van der Waals surface area contributed by atoms with Crippen LogP contribution >= 0.6 is 0 Å². The van der Waals surface area contributed by atoms with Crippen LogP contribution in [0.1, 0.15) is 17.3 Å². The summed E-state index contributed by atoms with van der Waals surface area (Å²) in [7, 11) is 0. The highest BCUT2D eigenvalue weighted by molar-refractivity contribution is 5.74. The molecule has 1 aromatic rings. The van der Waals surface area contributed by atoms with Gasteiger partial charge in [0.25, 0.3) is 0 Å². The van der Waals surface area contributed by atoms with Crippen LogP contribution in [0, 0.1) is 0 Å². The van der Waals surface area contributed by atoms with Gasteiger partial charge < -0.3 is 9.47 Å². The van der Waals surface area contributed by atoms with Gasteiger partial charge in [-0.05, 0) is 31.2 Å². The maximum absolute atomic E-state index is 10.4. The molecule has 1 heterocycles. The first kappa shape index (κ1) is 9.21. The molecule has 0 saturated carbocycles. The van der Waals surface area contributed by atoms with E-state index >= 15 is 0 Å². The summed E-state index contributed by atoms with van der Waals surface area (Å²) in [5.74, 6) is 0.776. The highest BCUT2D eigenvalue weighted by atomic mass is 16.6. The van der Waals surface area contributed by atoms with Gasteiger partial charge in [0.05, 0.1) is 6.61 Å². The summed E-state index contributed by atoms with van der Waals surface area (Å²) >= 11 is 0. The summed E-state index contributed by atoms with van der Waals surface area (Å²) in [6.07, 6.45) is 1.13. The van der Waals surface area contributed by atoms with Crippen molar-refractivity contribution < 1.29 is 14.3 Å². The molecule has 0 aromatic heterocycles. The second-order valence-corrected chi connectivity index (χ2v) is 3.38. The number of ether oxygens (including phenoxy) is 2. The molecule has 1 aromatic carbocycles. The van der Waals surface area contributed by atoms with Crippen LogP contribution in [0.15, 0.2) is 24.3 Å². The van der Waals surface area contributed by atoms with Crippen molar-refractivity contribution in [2.24, 2.45) is 0 Å². The number of carbonyl (C=O) groups is 1. The van der Waals surface area contributed by atoms with Gasteiger partial charge in [-0.1, -0.05) is 0 Å². The van der Waals surface area contributed by atoms with Gasteiger partial charge in [0.1, 0.15) is 24.2 Å². The van der Waals surface area contributed by atoms with Gasteiger partial charge in [0, 0.05) is 5.56 Å². The number of hydrogen-bond donors (Lipinski definition) is 0. The van der Waals surface area contributed by atoms with Crippen molar-refractivity contribution in [2.45, 2.75) is 19.1 Å². The Bertz CT molecular complexity index is 314. The van der Waals surface area contributed by atoms with Crippen molar-refractivity contribution in [3.05, 3.63) is 29.8 Å². The molecule has 1 aliphatic rings. The summed E-state index contributed by atoms with van der Waals surface area (Å²) in [4.78, 5) is 10.4. The number of aldehydes is 1. The fourth-order valence-corrected chi connectivity index (χ4v) is 1.24. The molecule has 2 atom stereocenters. The first-order valence-electron chi connectivity index (χ1n) is 4.63. The quantitative estimate of drug-likeness (QED) is 0.538. The summed E-state index contributed by atoms with van der Waals surface area (Å²) in [6.45, 7) is 2.76. The standard InChI is InChI=1S/C11H12O3/c1-8(11-7-13-11)14-10-4-2-9(6-12)3-5-10/h2-6,8,11H,7H2,1H3. The third-order valence-corrected chi connectivity index (χ3v) is 2.22. The molecule has 1 fully saturated rings. The zero-order valence-electron chi connectivity index (χ0n) is 7.97. The van der Waals surface area contributed by atoms with Gasteiger partial charge in [-0.2, -0.15) is 0 Å². The summed E-state index contributed by atoms with van der Waals surface area (Å²) in [5, 5.41) is 0. The van der Waals surface area contributed by atoms with Gasteiger partial charge in [0.15, 0.2) is 0 Å². The Morgan fingerprint density at radius 3 is 2.64 bits per heavy atom. The van der Waals surface area contributed by atoms with E-state index in [1.807, 2.05) is 6.92 Å². The third-order valence-electron chi connectivity index (χ3n) is 2.22. The van der Waals surface area contributed by atoms with Crippen LogP contribution < -0.4 is 4.74 Å². The second-order valence-electron chi connectivity index (χ2n) is 3.38. The lowest BCUT2D eigenvalue weighted by atomic mass is 10.2. The van der Waals surface area contributed by atoms with Crippen LogP contribution in [0.2, 0.25) is 0 Å². The van der Waals surface area contributed by atoms with Crippen LogP contribution in [0.25, 0.3) is 0 Å². The highest BCUT2D eigenvalue weighted by Crippen LogP contribution is 2.20. The minimum absolute atomic E-state index is 0.0806. The lowest BCUT2D eigenvalue weighted by Gasteiger charge is -2.11. The van der Waals surface area contributed by atoms with Crippen molar-refractivity contribution in [1.29, 1.82) is 0 Å². The lowest BCUT2D eigenvalue weighted by Crippen LogP contribution is -2.18. The van der Waals surface area contributed by atoms with Crippen molar-refractivity contribution in [2.75, 3.05) is 6.61 Å². The Hall–Kier alpha value is -1.35. The number of carbonyl (C=O) groups excluding carboxylic acids is 1. The molecule has 1 saturated heterocycles. The molecule has 1 aliphatic heterocycles. The Labute approximate surface area is 82.6 Å². The Morgan fingerprint density at radius 1 is 1.50 bits per heavy atom. The van der Waals surface area contributed by atoms with E-state index in [-0.39, 0.29) is 12.2 Å². The molecule has 0 N–H and O–H groups in total. The lowest BCUT2D eigenvalue weighted by molar-refractivity contribution is 0.112. The maximum atomic E-state index is 10.4. The molecule has 3 heteroatoms. The monoisotopic (exact) mass is 192 g/mol. The van der Waals surface area contributed by atoms with E-state index < -0.39 is 0 Å². The van der Waals surface area contributed by atoms with E-state index in [2.05, 4.69) is 0 Å². The van der Waals surface area contributed by atoms with Crippen molar-refractivity contribution in [3.8, 4) is 5.75 Å².